The zero-order valence-corrected chi connectivity index (χ0v) is 11.1. The van der Waals surface area contributed by atoms with Gasteiger partial charge in [-0.1, -0.05) is 27.7 Å². The summed E-state index contributed by atoms with van der Waals surface area (Å²) < 4.78 is 0. The van der Waals surface area contributed by atoms with Gasteiger partial charge in [0.2, 0.25) is 5.91 Å². The fourth-order valence-electron chi connectivity index (χ4n) is 2.27. The van der Waals surface area contributed by atoms with Crippen molar-refractivity contribution in [3.8, 4) is 0 Å². The number of amides is 1. The lowest BCUT2D eigenvalue weighted by atomic mass is 9.85. The normalized spacial score (nSPS) is 19.0. The smallest absolute Gasteiger partial charge is 0.223 e. The lowest BCUT2D eigenvalue weighted by Gasteiger charge is -2.37. The molecule has 94 valence electrons. The van der Waals surface area contributed by atoms with E-state index in [2.05, 4.69) is 31.4 Å². The molecule has 2 N–H and O–H groups in total. The molecule has 0 aromatic rings. The summed E-state index contributed by atoms with van der Waals surface area (Å²) in [5, 5.41) is 6.48. The molecule has 3 nitrogen and oxygen atoms in total. The molecule has 0 saturated carbocycles. The van der Waals surface area contributed by atoms with Crippen molar-refractivity contribution in [1.29, 1.82) is 0 Å². The van der Waals surface area contributed by atoms with Crippen molar-refractivity contribution in [3.05, 3.63) is 0 Å². The SMILES string of the molecule is CCC(CC)(CC)NC(=O)C(C)C1CNC1. The molecule has 0 aromatic heterocycles. The zero-order valence-electron chi connectivity index (χ0n) is 11.1. The van der Waals surface area contributed by atoms with Crippen molar-refractivity contribution in [2.75, 3.05) is 13.1 Å². The Bertz CT molecular complexity index is 224. The van der Waals surface area contributed by atoms with E-state index >= 15 is 0 Å². The van der Waals surface area contributed by atoms with Crippen molar-refractivity contribution in [2.45, 2.75) is 52.5 Å². The van der Waals surface area contributed by atoms with Crippen LogP contribution in [0.15, 0.2) is 0 Å². The molecule has 3 heteroatoms. The average molecular weight is 226 g/mol. The van der Waals surface area contributed by atoms with Gasteiger partial charge in [-0.05, 0) is 38.3 Å². The highest BCUT2D eigenvalue weighted by molar-refractivity contribution is 5.79. The first-order valence-corrected chi connectivity index (χ1v) is 6.61. The molecule has 0 radical (unpaired) electrons. The summed E-state index contributed by atoms with van der Waals surface area (Å²) in [4.78, 5) is 12.1. The van der Waals surface area contributed by atoms with Crippen LogP contribution in [-0.2, 0) is 4.79 Å². The highest BCUT2D eigenvalue weighted by Gasteiger charge is 2.33. The van der Waals surface area contributed by atoms with Crippen molar-refractivity contribution in [1.82, 2.24) is 10.6 Å². The summed E-state index contributed by atoms with van der Waals surface area (Å²) in [6.45, 7) is 10.5. The van der Waals surface area contributed by atoms with Crippen LogP contribution >= 0.6 is 0 Å². The number of hydrogen-bond acceptors (Lipinski definition) is 2. The minimum Gasteiger partial charge on any atom is -0.350 e. The van der Waals surface area contributed by atoms with Crippen molar-refractivity contribution in [3.63, 3.8) is 0 Å². The lowest BCUT2D eigenvalue weighted by molar-refractivity contribution is -0.128. The van der Waals surface area contributed by atoms with Crippen molar-refractivity contribution in [2.24, 2.45) is 11.8 Å². The van der Waals surface area contributed by atoms with E-state index in [1.807, 2.05) is 6.92 Å². The van der Waals surface area contributed by atoms with Gasteiger partial charge in [0.05, 0.1) is 0 Å². The summed E-state index contributed by atoms with van der Waals surface area (Å²) in [5.41, 5.74) is 0.0164. The number of carbonyl (C=O) groups excluding carboxylic acids is 1. The molecule has 1 fully saturated rings. The molecule has 0 spiro atoms. The molecule has 1 rings (SSSR count). The van der Waals surface area contributed by atoms with Gasteiger partial charge in [0.15, 0.2) is 0 Å². The third-order valence-corrected chi connectivity index (χ3v) is 4.35. The zero-order chi connectivity index (χ0) is 12.2. The first kappa shape index (κ1) is 13.5. The Morgan fingerprint density at radius 2 is 1.81 bits per heavy atom. The third-order valence-electron chi connectivity index (χ3n) is 4.35. The molecular weight excluding hydrogens is 200 g/mol. The minimum atomic E-state index is 0.0164. The monoisotopic (exact) mass is 226 g/mol. The molecule has 1 unspecified atom stereocenters. The molecule has 1 atom stereocenters. The first-order chi connectivity index (χ1) is 7.58. The fourth-order valence-corrected chi connectivity index (χ4v) is 2.27. The first-order valence-electron chi connectivity index (χ1n) is 6.61. The van der Waals surface area contributed by atoms with Gasteiger partial charge in [0.1, 0.15) is 0 Å². The van der Waals surface area contributed by atoms with Gasteiger partial charge in [0.25, 0.3) is 0 Å². The Morgan fingerprint density at radius 1 is 1.31 bits per heavy atom. The highest BCUT2D eigenvalue weighted by atomic mass is 16.2. The second-order valence-corrected chi connectivity index (χ2v) is 5.04. The van der Waals surface area contributed by atoms with Crippen LogP contribution in [0.3, 0.4) is 0 Å². The van der Waals surface area contributed by atoms with Crippen molar-refractivity contribution < 1.29 is 4.79 Å². The van der Waals surface area contributed by atoms with E-state index in [1.165, 1.54) is 0 Å². The molecule has 1 aliphatic rings. The van der Waals surface area contributed by atoms with Crippen LogP contribution in [0.2, 0.25) is 0 Å². The van der Waals surface area contributed by atoms with Gasteiger partial charge in [-0.25, -0.2) is 0 Å². The van der Waals surface area contributed by atoms with Crippen LogP contribution in [0.1, 0.15) is 47.0 Å². The topological polar surface area (TPSA) is 41.1 Å². The molecule has 1 aliphatic heterocycles. The second-order valence-electron chi connectivity index (χ2n) is 5.04. The molecule has 1 amide bonds. The van der Waals surface area contributed by atoms with E-state index in [0.29, 0.717) is 5.92 Å². The van der Waals surface area contributed by atoms with Crippen molar-refractivity contribution >= 4 is 5.91 Å². The summed E-state index contributed by atoms with van der Waals surface area (Å²) in [7, 11) is 0. The maximum absolute atomic E-state index is 12.1. The van der Waals surface area contributed by atoms with E-state index < -0.39 is 0 Å². The molecule has 0 bridgehead atoms. The largest absolute Gasteiger partial charge is 0.350 e. The van der Waals surface area contributed by atoms with Crippen LogP contribution < -0.4 is 10.6 Å². The van der Waals surface area contributed by atoms with E-state index in [1.54, 1.807) is 0 Å². The second kappa shape index (κ2) is 5.67. The van der Waals surface area contributed by atoms with Gasteiger partial charge in [-0.2, -0.15) is 0 Å². The molecule has 0 aliphatic carbocycles. The number of nitrogens with one attached hydrogen (secondary N) is 2. The van der Waals surface area contributed by atoms with Gasteiger partial charge in [-0.3, -0.25) is 4.79 Å². The number of carbonyl (C=O) groups is 1. The predicted molar refractivity (Wildman–Crippen MR) is 67.3 cm³/mol. The van der Waals surface area contributed by atoms with Gasteiger partial charge < -0.3 is 10.6 Å². The van der Waals surface area contributed by atoms with E-state index in [-0.39, 0.29) is 17.4 Å². The van der Waals surface area contributed by atoms with E-state index in [4.69, 9.17) is 0 Å². The van der Waals surface area contributed by atoms with Gasteiger partial charge in [0, 0.05) is 11.5 Å². The van der Waals surface area contributed by atoms with E-state index in [0.717, 1.165) is 32.4 Å². The molecule has 1 saturated heterocycles. The predicted octanol–water partition coefficient (Wildman–Crippen LogP) is 1.93. The summed E-state index contributed by atoms with van der Waals surface area (Å²) in [6.07, 6.45) is 3.05. The Labute approximate surface area is 99.4 Å². The standard InChI is InChI=1S/C13H26N2O/c1-5-13(6-2,7-3)15-12(16)10(4)11-8-14-9-11/h10-11,14H,5-9H2,1-4H3,(H,15,16). The van der Waals surface area contributed by atoms with E-state index in [9.17, 15) is 4.79 Å². The average Bonchev–Trinajstić information content (AvgIpc) is 2.23. The fraction of sp³-hybridized carbons (Fsp3) is 0.923. The van der Waals surface area contributed by atoms with Gasteiger partial charge in [-0.15, -0.1) is 0 Å². The highest BCUT2D eigenvalue weighted by Crippen LogP contribution is 2.22. The van der Waals surface area contributed by atoms with Gasteiger partial charge >= 0.3 is 0 Å². The Kier molecular flexibility index (Phi) is 4.78. The number of rotatable bonds is 6. The quantitative estimate of drug-likeness (QED) is 0.726. The lowest BCUT2D eigenvalue weighted by Crippen LogP contribution is -2.54. The minimum absolute atomic E-state index is 0.0164. The Hall–Kier alpha value is -0.570. The Morgan fingerprint density at radius 3 is 2.12 bits per heavy atom. The molecule has 1 heterocycles. The third kappa shape index (κ3) is 2.76. The van der Waals surface area contributed by atoms with Crippen LogP contribution in [0.5, 0.6) is 0 Å². The molecule has 16 heavy (non-hydrogen) atoms. The van der Waals surface area contributed by atoms with Crippen LogP contribution in [0.25, 0.3) is 0 Å². The van der Waals surface area contributed by atoms with Crippen LogP contribution in [0, 0.1) is 11.8 Å². The summed E-state index contributed by atoms with van der Waals surface area (Å²) >= 11 is 0. The van der Waals surface area contributed by atoms with Crippen LogP contribution in [-0.4, -0.2) is 24.5 Å². The maximum atomic E-state index is 12.1. The Balaban J connectivity index is 2.53. The number of hydrogen-bond donors (Lipinski definition) is 2. The maximum Gasteiger partial charge on any atom is 0.223 e. The summed E-state index contributed by atoms with van der Waals surface area (Å²) in [5.74, 6) is 0.908. The summed E-state index contributed by atoms with van der Waals surface area (Å²) in [6, 6.07) is 0. The van der Waals surface area contributed by atoms with Crippen LogP contribution in [0.4, 0.5) is 0 Å². The molecular formula is C13H26N2O. The molecule has 0 aromatic carbocycles.